The Hall–Kier alpha value is -3.47. The molecule has 34 heavy (non-hydrogen) atoms. The Kier molecular flexibility index (Phi) is 5.94. The Labute approximate surface area is 197 Å². The van der Waals surface area contributed by atoms with Gasteiger partial charge in [0.1, 0.15) is 0 Å². The molecule has 0 unspecified atom stereocenters. The van der Waals surface area contributed by atoms with Gasteiger partial charge in [0.15, 0.2) is 5.76 Å². The molecule has 2 amide bonds. The van der Waals surface area contributed by atoms with Crippen LogP contribution in [0, 0.1) is 0 Å². The lowest BCUT2D eigenvalue weighted by Gasteiger charge is -2.26. The molecule has 2 aliphatic heterocycles. The van der Waals surface area contributed by atoms with Gasteiger partial charge in [0, 0.05) is 36.6 Å². The van der Waals surface area contributed by atoms with Crippen molar-refractivity contribution in [2.75, 3.05) is 43.1 Å². The van der Waals surface area contributed by atoms with Crippen molar-refractivity contribution in [3.8, 4) is 0 Å². The van der Waals surface area contributed by atoms with Gasteiger partial charge in [-0.25, -0.2) is 8.42 Å². The van der Waals surface area contributed by atoms with Crippen LogP contribution in [-0.2, 0) is 21.2 Å². The summed E-state index contributed by atoms with van der Waals surface area (Å²) in [5, 5.41) is 2.83. The molecule has 2 aromatic carbocycles. The maximum Gasteiger partial charge on any atom is 0.293 e. The molecule has 0 aliphatic carbocycles. The van der Waals surface area contributed by atoms with E-state index >= 15 is 0 Å². The van der Waals surface area contributed by atoms with Gasteiger partial charge < -0.3 is 19.4 Å². The van der Waals surface area contributed by atoms with Crippen LogP contribution in [0.5, 0.6) is 0 Å². The van der Waals surface area contributed by atoms with Crippen molar-refractivity contribution in [2.45, 2.75) is 11.3 Å². The summed E-state index contributed by atoms with van der Waals surface area (Å²) in [7, 11) is -3.63. The summed E-state index contributed by atoms with van der Waals surface area (Å²) in [5.74, 6) is -0.351. The average Bonchev–Trinajstić information content (AvgIpc) is 3.55. The molecule has 0 bridgehead atoms. The molecule has 3 heterocycles. The van der Waals surface area contributed by atoms with Gasteiger partial charge in [0.25, 0.3) is 11.8 Å². The molecule has 1 N–H and O–H groups in total. The molecule has 0 saturated carbocycles. The molecule has 0 spiro atoms. The minimum atomic E-state index is -3.63. The van der Waals surface area contributed by atoms with Gasteiger partial charge in [-0.15, -0.1) is 0 Å². The number of carbonyl (C=O) groups excluding carboxylic acids is 2. The molecule has 9 nitrogen and oxygen atoms in total. The summed E-state index contributed by atoms with van der Waals surface area (Å²) < 4.78 is 37.4. The van der Waals surface area contributed by atoms with Crippen LogP contribution in [0.15, 0.2) is 70.2 Å². The first kappa shape index (κ1) is 22.3. The molecule has 1 saturated heterocycles. The van der Waals surface area contributed by atoms with Crippen molar-refractivity contribution in [3.63, 3.8) is 0 Å². The topological polar surface area (TPSA) is 109 Å². The van der Waals surface area contributed by atoms with E-state index in [0.29, 0.717) is 44.1 Å². The van der Waals surface area contributed by atoms with Crippen LogP contribution in [-0.4, -0.2) is 57.4 Å². The molecular weight excluding hydrogens is 458 g/mol. The Morgan fingerprint density at radius 2 is 1.71 bits per heavy atom. The molecular formula is C24H23N3O6S. The Bertz CT molecular complexity index is 1310. The number of anilines is 2. The lowest BCUT2D eigenvalue weighted by Crippen LogP contribution is -2.40. The van der Waals surface area contributed by atoms with Crippen LogP contribution < -0.4 is 10.2 Å². The molecule has 3 aromatic rings. The molecule has 176 valence electrons. The second-order valence-electron chi connectivity index (χ2n) is 8.02. The van der Waals surface area contributed by atoms with Crippen molar-refractivity contribution >= 4 is 33.2 Å². The third-order valence-corrected chi connectivity index (χ3v) is 7.85. The first-order valence-corrected chi connectivity index (χ1v) is 12.3. The van der Waals surface area contributed by atoms with Crippen LogP contribution in [0.25, 0.3) is 0 Å². The Morgan fingerprint density at radius 1 is 0.941 bits per heavy atom. The minimum absolute atomic E-state index is 0.135. The van der Waals surface area contributed by atoms with E-state index in [1.807, 2.05) is 6.07 Å². The molecule has 5 rings (SSSR count). The molecule has 0 atom stereocenters. The highest BCUT2D eigenvalue weighted by molar-refractivity contribution is 7.89. The van der Waals surface area contributed by atoms with E-state index in [4.69, 9.17) is 9.15 Å². The van der Waals surface area contributed by atoms with E-state index in [1.54, 1.807) is 29.2 Å². The van der Waals surface area contributed by atoms with Crippen LogP contribution in [0.1, 0.15) is 26.5 Å². The van der Waals surface area contributed by atoms with E-state index in [1.165, 1.54) is 34.8 Å². The number of ether oxygens (including phenoxy) is 1. The third kappa shape index (κ3) is 4.23. The first-order chi connectivity index (χ1) is 16.4. The van der Waals surface area contributed by atoms with Gasteiger partial charge in [-0.1, -0.05) is 6.07 Å². The van der Waals surface area contributed by atoms with E-state index in [2.05, 4.69) is 5.32 Å². The second kappa shape index (κ2) is 9.05. The van der Waals surface area contributed by atoms with Crippen LogP contribution >= 0.6 is 0 Å². The Balaban J connectivity index is 1.30. The maximum atomic E-state index is 12.8. The standard InChI is InChI=1S/C24H23N3O6S/c28-23(18-4-7-20(8-5-18)34(30,31)26-11-14-32-15-12-26)25-19-6-3-17-9-10-27(21(17)16-19)24(29)22-2-1-13-33-22/h1-8,13,16H,9-12,14-15H2,(H,25,28). The third-order valence-electron chi connectivity index (χ3n) is 5.94. The fraction of sp³-hybridized carbons (Fsp3) is 0.250. The van der Waals surface area contributed by atoms with Gasteiger partial charge in [-0.2, -0.15) is 4.31 Å². The zero-order valence-electron chi connectivity index (χ0n) is 18.3. The number of nitrogens with zero attached hydrogens (tertiary/aromatic N) is 2. The van der Waals surface area contributed by atoms with Gasteiger partial charge in [0.05, 0.1) is 24.4 Å². The molecule has 10 heteroatoms. The summed E-state index contributed by atoms with van der Waals surface area (Å²) in [6.45, 7) is 1.88. The lowest BCUT2D eigenvalue weighted by atomic mass is 10.1. The number of carbonyl (C=O) groups is 2. The molecule has 2 aliphatic rings. The predicted octanol–water partition coefficient (Wildman–Crippen LogP) is 2.76. The average molecular weight is 482 g/mol. The fourth-order valence-corrected chi connectivity index (χ4v) is 5.53. The number of hydrogen-bond donors (Lipinski definition) is 1. The maximum absolute atomic E-state index is 12.8. The Morgan fingerprint density at radius 3 is 2.41 bits per heavy atom. The second-order valence-corrected chi connectivity index (χ2v) is 9.96. The summed E-state index contributed by atoms with van der Waals surface area (Å²) >= 11 is 0. The highest BCUT2D eigenvalue weighted by Crippen LogP contribution is 2.32. The zero-order valence-corrected chi connectivity index (χ0v) is 19.1. The van der Waals surface area contributed by atoms with Crippen molar-refractivity contribution in [3.05, 3.63) is 77.7 Å². The quantitative estimate of drug-likeness (QED) is 0.600. The van der Waals surface area contributed by atoms with Crippen LogP contribution in [0.4, 0.5) is 11.4 Å². The van der Waals surface area contributed by atoms with E-state index in [0.717, 1.165) is 17.7 Å². The van der Waals surface area contributed by atoms with Crippen LogP contribution in [0.3, 0.4) is 0 Å². The number of hydrogen-bond acceptors (Lipinski definition) is 6. The number of rotatable bonds is 5. The highest BCUT2D eigenvalue weighted by Gasteiger charge is 2.28. The summed E-state index contributed by atoms with van der Waals surface area (Å²) in [6, 6.07) is 14.6. The van der Waals surface area contributed by atoms with Crippen LogP contribution in [0.2, 0.25) is 0 Å². The number of fused-ring (bicyclic) bond motifs is 1. The van der Waals surface area contributed by atoms with E-state index < -0.39 is 10.0 Å². The number of nitrogens with one attached hydrogen (secondary N) is 1. The summed E-state index contributed by atoms with van der Waals surface area (Å²) in [4.78, 5) is 27.3. The van der Waals surface area contributed by atoms with Crippen molar-refractivity contribution in [2.24, 2.45) is 0 Å². The number of furan rings is 1. The van der Waals surface area contributed by atoms with E-state index in [-0.39, 0.29) is 22.5 Å². The molecule has 1 fully saturated rings. The number of benzene rings is 2. The van der Waals surface area contributed by atoms with Crippen molar-refractivity contribution < 1.29 is 27.2 Å². The predicted molar refractivity (Wildman–Crippen MR) is 125 cm³/mol. The van der Waals surface area contributed by atoms with Gasteiger partial charge in [-0.05, 0) is 60.5 Å². The van der Waals surface area contributed by atoms with Gasteiger partial charge in [0.2, 0.25) is 10.0 Å². The monoisotopic (exact) mass is 481 g/mol. The highest BCUT2D eigenvalue weighted by atomic mass is 32.2. The summed E-state index contributed by atoms with van der Waals surface area (Å²) in [5.41, 5.74) is 2.60. The SMILES string of the molecule is O=C(Nc1ccc2c(c1)N(C(=O)c1ccco1)CC2)c1ccc(S(=O)(=O)N2CCOCC2)cc1. The fourth-order valence-electron chi connectivity index (χ4n) is 4.12. The first-order valence-electron chi connectivity index (χ1n) is 10.9. The lowest BCUT2D eigenvalue weighted by molar-refractivity contribution is 0.0730. The van der Waals surface area contributed by atoms with Crippen molar-refractivity contribution in [1.82, 2.24) is 4.31 Å². The minimum Gasteiger partial charge on any atom is -0.459 e. The smallest absolute Gasteiger partial charge is 0.293 e. The number of amides is 2. The van der Waals surface area contributed by atoms with Gasteiger partial charge in [-0.3, -0.25) is 9.59 Å². The zero-order chi connectivity index (χ0) is 23.7. The van der Waals surface area contributed by atoms with Crippen molar-refractivity contribution in [1.29, 1.82) is 0 Å². The number of sulfonamides is 1. The van der Waals surface area contributed by atoms with E-state index in [9.17, 15) is 18.0 Å². The molecule has 0 radical (unpaired) electrons. The number of morpholine rings is 1. The van der Waals surface area contributed by atoms with Gasteiger partial charge >= 0.3 is 0 Å². The molecule has 1 aromatic heterocycles. The normalized spacial score (nSPS) is 16.3. The largest absolute Gasteiger partial charge is 0.459 e. The summed E-state index contributed by atoms with van der Waals surface area (Å²) in [6.07, 6.45) is 2.17.